The standard InChI is InChI=1S/C7H13F2NO5S/c1-5(2)3-10-6(11)15-4-7(8,9)16(12,13)14/h5H,3-4H2,1-2H3,(H,10,11)(H,12,13,14). The van der Waals surface area contributed by atoms with E-state index in [-0.39, 0.29) is 12.5 Å². The fourth-order valence-corrected chi connectivity index (χ4v) is 0.770. The highest BCUT2D eigenvalue weighted by molar-refractivity contribution is 7.86. The molecule has 0 aromatic rings. The molecule has 0 atom stereocenters. The predicted octanol–water partition coefficient (Wildman–Crippen LogP) is 0.849. The van der Waals surface area contributed by atoms with Gasteiger partial charge in [0.15, 0.2) is 6.61 Å². The number of hydrogen-bond donors (Lipinski definition) is 2. The van der Waals surface area contributed by atoms with Crippen molar-refractivity contribution in [2.45, 2.75) is 19.1 Å². The van der Waals surface area contributed by atoms with Gasteiger partial charge in [-0.05, 0) is 5.92 Å². The first-order valence-electron chi connectivity index (χ1n) is 4.31. The van der Waals surface area contributed by atoms with E-state index < -0.39 is 28.1 Å². The normalized spacial score (nSPS) is 12.6. The van der Waals surface area contributed by atoms with Gasteiger partial charge in [-0.1, -0.05) is 13.8 Å². The topological polar surface area (TPSA) is 92.7 Å². The second-order valence-electron chi connectivity index (χ2n) is 3.46. The molecule has 0 heterocycles. The Morgan fingerprint density at radius 3 is 2.38 bits per heavy atom. The zero-order chi connectivity index (χ0) is 13.0. The van der Waals surface area contributed by atoms with Crippen molar-refractivity contribution in [1.82, 2.24) is 5.32 Å². The minimum atomic E-state index is -5.57. The lowest BCUT2D eigenvalue weighted by molar-refractivity contribution is 0.00725. The van der Waals surface area contributed by atoms with E-state index >= 15 is 0 Å². The molecule has 0 aliphatic carbocycles. The molecular formula is C7H13F2NO5S. The van der Waals surface area contributed by atoms with E-state index in [2.05, 4.69) is 10.1 Å². The maximum absolute atomic E-state index is 12.5. The van der Waals surface area contributed by atoms with Crippen LogP contribution in [0.1, 0.15) is 13.8 Å². The lowest BCUT2D eigenvalue weighted by atomic mass is 10.2. The lowest BCUT2D eigenvalue weighted by Gasteiger charge is -2.13. The summed E-state index contributed by atoms with van der Waals surface area (Å²) in [5.74, 6) is 0.0923. The quantitative estimate of drug-likeness (QED) is 0.716. The Kier molecular flexibility index (Phi) is 5.07. The second kappa shape index (κ2) is 5.39. The molecule has 0 aromatic heterocycles. The molecule has 96 valence electrons. The van der Waals surface area contributed by atoms with Crippen LogP contribution in [0, 0.1) is 5.92 Å². The molecule has 0 aromatic carbocycles. The molecule has 0 unspecified atom stereocenters. The van der Waals surface area contributed by atoms with Crippen molar-refractivity contribution in [3.63, 3.8) is 0 Å². The van der Waals surface area contributed by atoms with E-state index in [9.17, 15) is 22.0 Å². The molecule has 0 radical (unpaired) electrons. The van der Waals surface area contributed by atoms with Crippen molar-refractivity contribution in [3.8, 4) is 0 Å². The SMILES string of the molecule is CC(C)CNC(=O)OCC(F)(F)S(=O)(=O)O. The Morgan fingerprint density at radius 1 is 1.50 bits per heavy atom. The summed E-state index contributed by atoms with van der Waals surface area (Å²) in [5, 5.41) is -2.36. The average molecular weight is 261 g/mol. The van der Waals surface area contributed by atoms with Gasteiger partial charge in [0, 0.05) is 6.54 Å². The molecule has 6 nitrogen and oxygen atoms in total. The van der Waals surface area contributed by atoms with Crippen LogP contribution in [0.5, 0.6) is 0 Å². The van der Waals surface area contributed by atoms with Crippen molar-refractivity contribution in [1.29, 1.82) is 0 Å². The minimum Gasteiger partial charge on any atom is -0.442 e. The van der Waals surface area contributed by atoms with Gasteiger partial charge in [-0.25, -0.2) is 4.79 Å². The van der Waals surface area contributed by atoms with Crippen molar-refractivity contribution in [3.05, 3.63) is 0 Å². The van der Waals surface area contributed by atoms with Gasteiger partial charge in [0.2, 0.25) is 0 Å². The summed E-state index contributed by atoms with van der Waals surface area (Å²) in [4.78, 5) is 10.8. The van der Waals surface area contributed by atoms with E-state index in [4.69, 9.17) is 4.55 Å². The summed E-state index contributed by atoms with van der Waals surface area (Å²) in [6, 6.07) is 0. The highest BCUT2D eigenvalue weighted by atomic mass is 32.2. The van der Waals surface area contributed by atoms with Gasteiger partial charge in [0.1, 0.15) is 0 Å². The first-order chi connectivity index (χ1) is 7.06. The van der Waals surface area contributed by atoms with Crippen molar-refractivity contribution in [2.75, 3.05) is 13.2 Å². The average Bonchev–Trinajstić information content (AvgIpc) is 2.09. The van der Waals surface area contributed by atoms with Crippen molar-refractivity contribution in [2.24, 2.45) is 5.92 Å². The molecule has 0 bridgehead atoms. The Morgan fingerprint density at radius 2 is 2.00 bits per heavy atom. The van der Waals surface area contributed by atoms with Gasteiger partial charge in [-0.2, -0.15) is 17.2 Å². The van der Waals surface area contributed by atoms with Crippen LogP contribution in [0.2, 0.25) is 0 Å². The van der Waals surface area contributed by atoms with Crippen LogP contribution < -0.4 is 5.32 Å². The van der Waals surface area contributed by atoms with Gasteiger partial charge < -0.3 is 10.1 Å². The first-order valence-corrected chi connectivity index (χ1v) is 5.76. The Balaban J connectivity index is 4.11. The summed E-state index contributed by atoms with van der Waals surface area (Å²) in [7, 11) is -5.57. The van der Waals surface area contributed by atoms with Crippen LogP contribution in [0.15, 0.2) is 0 Å². The summed E-state index contributed by atoms with van der Waals surface area (Å²) in [6.07, 6.45) is -1.17. The number of hydrogen-bond acceptors (Lipinski definition) is 4. The molecule has 2 N–H and O–H groups in total. The molecule has 0 rings (SSSR count). The molecular weight excluding hydrogens is 248 g/mol. The number of halogens is 2. The molecule has 0 aliphatic rings. The van der Waals surface area contributed by atoms with Crippen molar-refractivity contribution < 1.29 is 31.3 Å². The van der Waals surface area contributed by atoms with Gasteiger partial charge in [0.25, 0.3) is 0 Å². The van der Waals surface area contributed by atoms with Crippen molar-refractivity contribution >= 4 is 16.2 Å². The monoisotopic (exact) mass is 261 g/mol. The number of nitrogens with one attached hydrogen (secondary N) is 1. The first kappa shape index (κ1) is 15.0. The summed E-state index contributed by atoms with van der Waals surface area (Å²) in [6.45, 7) is 2.02. The van der Waals surface area contributed by atoms with Crippen LogP contribution in [0.4, 0.5) is 13.6 Å². The summed E-state index contributed by atoms with van der Waals surface area (Å²) >= 11 is 0. The Labute approximate surface area is 91.7 Å². The third kappa shape index (κ3) is 5.21. The fourth-order valence-electron chi connectivity index (χ4n) is 0.563. The second-order valence-corrected chi connectivity index (χ2v) is 5.01. The highest BCUT2D eigenvalue weighted by Gasteiger charge is 2.45. The number of carbonyl (C=O) groups is 1. The number of rotatable bonds is 5. The maximum Gasteiger partial charge on any atom is 0.407 e. The van der Waals surface area contributed by atoms with E-state index in [1.807, 2.05) is 0 Å². The zero-order valence-corrected chi connectivity index (χ0v) is 9.55. The van der Waals surface area contributed by atoms with Gasteiger partial charge >= 0.3 is 21.5 Å². The van der Waals surface area contributed by atoms with Crippen LogP contribution in [0.25, 0.3) is 0 Å². The zero-order valence-electron chi connectivity index (χ0n) is 8.74. The molecule has 1 amide bonds. The van der Waals surface area contributed by atoms with Crippen LogP contribution >= 0.6 is 0 Å². The molecule has 9 heteroatoms. The predicted molar refractivity (Wildman–Crippen MR) is 50.7 cm³/mol. The maximum atomic E-state index is 12.5. The van der Waals surface area contributed by atoms with Crippen LogP contribution in [0.3, 0.4) is 0 Å². The molecule has 0 saturated carbocycles. The number of carbonyl (C=O) groups excluding carboxylic acids is 1. The molecule has 0 saturated heterocycles. The van der Waals surface area contributed by atoms with E-state index in [1.54, 1.807) is 13.8 Å². The number of amides is 1. The molecule has 16 heavy (non-hydrogen) atoms. The highest BCUT2D eigenvalue weighted by Crippen LogP contribution is 2.20. The van der Waals surface area contributed by atoms with E-state index in [1.165, 1.54) is 0 Å². The van der Waals surface area contributed by atoms with Gasteiger partial charge in [-0.15, -0.1) is 0 Å². The third-order valence-electron chi connectivity index (χ3n) is 1.40. The smallest absolute Gasteiger partial charge is 0.407 e. The number of alkyl halides is 2. The van der Waals surface area contributed by atoms with E-state index in [0.29, 0.717) is 0 Å². The summed E-state index contributed by atoms with van der Waals surface area (Å²) < 4.78 is 57.4. The van der Waals surface area contributed by atoms with Crippen LogP contribution in [-0.4, -0.2) is 37.5 Å². The number of ether oxygens (including phenoxy) is 1. The Hall–Kier alpha value is -0.960. The largest absolute Gasteiger partial charge is 0.442 e. The molecule has 0 fully saturated rings. The van der Waals surface area contributed by atoms with Gasteiger partial charge in [-0.3, -0.25) is 4.55 Å². The molecule has 0 spiro atoms. The van der Waals surface area contributed by atoms with Gasteiger partial charge in [0.05, 0.1) is 0 Å². The van der Waals surface area contributed by atoms with E-state index in [0.717, 1.165) is 0 Å². The number of alkyl carbamates (subject to hydrolysis) is 1. The summed E-state index contributed by atoms with van der Waals surface area (Å²) in [5.41, 5.74) is 0. The van der Waals surface area contributed by atoms with Crippen LogP contribution in [-0.2, 0) is 14.9 Å². The molecule has 0 aliphatic heterocycles. The minimum absolute atomic E-state index is 0.0923. The third-order valence-corrected chi connectivity index (χ3v) is 2.28. The Bertz CT molecular complexity index is 341. The fraction of sp³-hybridized carbons (Fsp3) is 0.857. The lowest BCUT2D eigenvalue weighted by Crippen LogP contribution is -2.37.